The van der Waals surface area contributed by atoms with E-state index in [1.165, 1.54) is 4.90 Å². The number of carbonyl (C=O) groups excluding carboxylic acids is 1. The van der Waals surface area contributed by atoms with Gasteiger partial charge < -0.3 is 10.0 Å². The summed E-state index contributed by atoms with van der Waals surface area (Å²) in [7, 11) is 0. The predicted octanol–water partition coefficient (Wildman–Crippen LogP) is 4.91. The number of halogens is 6. The van der Waals surface area contributed by atoms with E-state index < -0.39 is 23.5 Å². The molecule has 0 saturated heterocycles. The fourth-order valence-electron chi connectivity index (χ4n) is 3.59. The minimum atomic E-state index is -5.95. The van der Waals surface area contributed by atoms with Crippen LogP contribution in [0.1, 0.15) is 29.5 Å². The molecular formula is C21H19F6NO2. The summed E-state index contributed by atoms with van der Waals surface area (Å²) < 4.78 is 79.3. The lowest BCUT2D eigenvalue weighted by molar-refractivity contribution is -0.376. The topological polar surface area (TPSA) is 40.5 Å². The largest absolute Gasteiger partial charge is 0.430 e. The first-order valence-corrected chi connectivity index (χ1v) is 9.28. The van der Waals surface area contributed by atoms with Crippen LogP contribution in [0.5, 0.6) is 0 Å². The van der Waals surface area contributed by atoms with Crippen molar-refractivity contribution in [2.24, 2.45) is 0 Å². The monoisotopic (exact) mass is 431 g/mol. The van der Waals surface area contributed by atoms with E-state index in [0.29, 0.717) is 31.5 Å². The maximum Gasteiger partial charge on any atom is 0.430 e. The van der Waals surface area contributed by atoms with Gasteiger partial charge in [0.1, 0.15) is 0 Å². The molecule has 1 aliphatic heterocycles. The molecule has 1 amide bonds. The Morgan fingerprint density at radius 3 is 2.17 bits per heavy atom. The van der Waals surface area contributed by atoms with Gasteiger partial charge in [-0.1, -0.05) is 42.5 Å². The lowest BCUT2D eigenvalue weighted by Gasteiger charge is -2.33. The Morgan fingerprint density at radius 1 is 0.933 bits per heavy atom. The van der Waals surface area contributed by atoms with Gasteiger partial charge in [-0.2, -0.15) is 26.3 Å². The number of fused-ring (bicyclic) bond motifs is 1. The first-order chi connectivity index (χ1) is 13.9. The van der Waals surface area contributed by atoms with E-state index in [0.717, 1.165) is 11.6 Å². The SMILES string of the molecule is O=C(Cc1ccccc1)N1CCCCc2cc(C(O)(C(F)(F)F)C(F)(F)F)ccc21. The van der Waals surface area contributed by atoms with Gasteiger partial charge in [-0.15, -0.1) is 0 Å². The van der Waals surface area contributed by atoms with Gasteiger partial charge in [-0.3, -0.25) is 4.79 Å². The Labute approximate surface area is 168 Å². The average molecular weight is 431 g/mol. The molecule has 0 spiro atoms. The number of hydrogen-bond donors (Lipinski definition) is 1. The van der Waals surface area contributed by atoms with E-state index in [1.807, 2.05) is 0 Å². The van der Waals surface area contributed by atoms with Crippen LogP contribution in [0.25, 0.3) is 0 Å². The van der Waals surface area contributed by atoms with Crippen molar-refractivity contribution in [2.75, 3.05) is 11.4 Å². The summed E-state index contributed by atoms with van der Waals surface area (Å²) in [5.74, 6) is -0.306. The zero-order chi connectivity index (χ0) is 22.2. The van der Waals surface area contributed by atoms with E-state index in [-0.39, 0.29) is 30.0 Å². The van der Waals surface area contributed by atoms with Gasteiger partial charge in [0.05, 0.1) is 6.42 Å². The minimum absolute atomic E-state index is 0.0526. The van der Waals surface area contributed by atoms with Gasteiger partial charge in [0, 0.05) is 17.8 Å². The predicted molar refractivity (Wildman–Crippen MR) is 97.9 cm³/mol. The number of anilines is 1. The van der Waals surface area contributed by atoms with Gasteiger partial charge in [0.25, 0.3) is 5.60 Å². The Bertz CT molecular complexity index is 894. The normalized spacial score (nSPS) is 15.5. The summed E-state index contributed by atoms with van der Waals surface area (Å²) >= 11 is 0. The lowest BCUT2D eigenvalue weighted by Crippen LogP contribution is -2.54. The smallest absolute Gasteiger partial charge is 0.369 e. The van der Waals surface area contributed by atoms with E-state index in [9.17, 15) is 36.2 Å². The second-order valence-corrected chi connectivity index (χ2v) is 7.21. The summed E-state index contributed by atoms with van der Waals surface area (Å²) in [6.07, 6.45) is -10.6. The van der Waals surface area contributed by atoms with Gasteiger partial charge in [0.15, 0.2) is 0 Å². The molecule has 1 aliphatic rings. The highest BCUT2D eigenvalue weighted by molar-refractivity contribution is 5.95. The molecule has 0 radical (unpaired) electrons. The number of hydrogen-bond acceptors (Lipinski definition) is 2. The Morgan fingerprint density at radius 2 is 1.57 bits per heavy atom. The third-order valence-corrected chi connectivity index (χ3v) is 5.19. The quantitative estimate of drug-likeness (QED) is 0.702. The highest BCUT2D eigenvalue weighted by Gasteiger charge is 2.71. The highest BCUT2D eigenvalue weighted by Crippen LogP contribution is 2.50. The molecule has 0 unspecified atom stereocenters. The zero-order valence-electron chi connectivity index (χ0n) is 15.7. The van der Waals surface area contributed by atoms with Crippen LogP contribution >= 0.6 is 0 Å². The van der Waals surface area contributed by atoms with Crippen LogP contribution in [0, 0.1) is 0 Å². The van der Waals surface area contributed by atoms with Crippen molar-refractivity contribution in [1.82, 2.24) is 0 Å². The fourth-order valence-corrected chi connectivity index (χ4v) is 3.59. The second-order valence-electron chi connectivity index (χ2n) is 7.21. The van der Waals surface area contributed by atoms with Gasteiger partial charge in [-0.05, 0) is 36.5 Å². The molecule has 9 heteroatoms. The van der Waals surface area contributed by atoms with Crippen molar-refractivity contribution in [3.63, 3.8) is 0 Å². The summed E-state index contributed by atoms with van der Waals surface area (Å²) in [6, 6.07) is 11.2. The Balaban J connectivity index is 2.00. The molecule has 162 valence electrons. The zero-order valence-corrected chi connectivity index (χ0v) is 15.7. The number of benzene rings is 2. The van der Waals surface area contributed by atoms with E-state index in [4.69, 9.17) is 0 Å². The number of amides is 1. The summed E-state index contributed by atoms with van der Waals surface area (Å²) in [5, 5.41) is 9.67. The molecule has 0 saturated carbocycles. The van der Waals surface area contributed by atoms with Gasteiger partial charge in [-0.25, -0.2) is 0 Å². The Kier molecular flexibility index (Phi) is 5.86. The number of carbonyl (C=O) groups is 1. The van der Waals surface area contributed by atoms with Crippen molar-refractivity contribution < 1.29 is 36.2 Å². The number of aliphatic hydroxyl groups is 1. The van der Waals surface area contributed by atoms with Crippen LogP contribution in [0.2, 0.25) is 0 Å². The van der Waals surface area contributed by atoms with Gasteiger partial charge >= 0.3 is 12.4 Å². The molecule has 2 aromatic rings. The van der Waals surface area contributed by atoms with E-state index in [2.05, 4.69) is 0 Å². The number of nitrogens with zero attached hydrogens (tertiary/aromatic N) is 1. The van der Waals surface area contributed by atoms with Crippen LogP contribution in [0.4, 0.5) is 32.0 Å². The average Bonchev–Trinajstić information content (AvgIpc) is 2.88. The standard InChI is InChI=1S/C21H19F6NO2/c22-20(23,24)19(30,21(25,26)27)16-9-10-17-15(13-16)8-4-5-11-28(17)18(29)12-14-6-2-1-3-7-14/h1-3,6-7,9-10,13,30H,4-5,8,11-12H2. The Hall–Kier alpha value is -2.55. The molecule has 30 heavy (non-hydrogen) atoms. The lowest BCUT2D eigenvalue weighted by atomic mass is 9.89. The van der Waals surface area contributed by atoms with Crippen molar-refractivity contribution in [1.29, 1.82) is 0 Å². The third kappa shape index (κ3) is 4.03. The van der Waals surface area contributed by atoms with Gasteiger partial charge in [0.2, 0.25) is 5.91 Å². The first-order valence-electron chi connectivity index (χ1n) is 9.28. The molecule has 0 bridgehead atoms. The molecule has 0 aliphatic carbocycles. The van der Waals surface area contributed by atoms with Crippen molar-refractivity contribution in [2.45, 2.75) is 43.6 Å². The number of rotatable bonds is 3. The molecular weight excluding hydrogens is 412 g/mol. The van der Waals surface area contributed by atoms with Crippen molar-refractivity contribution >= 4 is 11.6 Å². The molecule has 1 heterocycles. The maximum atomic E-state index is 13.2. The van der Waals surface area contributed by atoms with Crippen molar-refractivity contribution in [3.8, 4) is 0 Å². The highest BCUT2D eigenvalue weighted by atomic mass is 19.4. The van der Waals surface area contributed by atoms with Crippen LogP contribution in [-0.4, -0.2) is 29.9 Å². The number of alkyl halides is 6. The third-order valence-electron chi connectivity index (χ3n) is 5.19. The molecule has 1 N–H and O–H groups in total. The summed E-state index contributed by atoms with van der Waals surface area (Å²) in [5.41, 5.74) is -5.12. The molecule has 2 aromatic carbocycles. The van der Waals surface area contributed by atoms with Crippen LogP contribution < -0.4 is 4.90 Å². The van der Waals surface area contributed by atoms with E-state index >= 15 is 0 Å². The summed E-state index contributed by atoms with van der Waals surface area (Å²) in [6.45, 7) is 0.306. The maximum absolute atomic E-state index is 13.2. The molecule has 0 atom stereocenters. The molecule has 3 nitrogen and oxygen atoms in total. The van der Waals surface area contributed by atoms with E-state index in [1.54, 1.807) is 30.3 Å². The molecule has 0 fully saturated rings. The van der Waals surface area contributed by atoms with Crippen LogP contribution in [0.15, 0.2) is 48.5 Å². The minimum Gasteiger partial charge on any atom is -0.369 e. The fraction of sp³-hybridized carbons (Fsp3) is 0.381. The second kappa shape index (κ2) is 7.94. The van der Waals surface area contributed by atoms with Crippen molar-refractivity contribution in [3.05, 3.63) is 65.2 Å². The number of aryl methyl sites for hydroxylation is 1. The van der Waals surface area contributed by atoms with Crippen LogP contribution in [0.3, 0.4) is 0 Å². The molecule has 0 aromatic heterocycles. The van der Waals surface area contributed by atoms with Crippen LogP contribution in [-0.2, 0) is 23.2 Å². The molecule has 3 rings (SSSR count). The first kappa shape index (κ1) is 22.1. The summed E-state index contributed by atoms with van der Waals surface area (Å²) in [4.78, 5) is 14.2.